The quantitative estimate of drug-likeness (QED) is 0.718. The van der Waals surface area contributed by atoms with E-state index in [1.54, 1.807) is 13.8 Å². The van der Waals surface area contributed by atoms with Crippen LogP contribution in [0.1, 0.15) is 29.8 Å². The lowest BCUT2D eigenvalue weighted by Gasteiger charge is -2.19. The van der Waals surface area contributed by atoms with E-state index in [2.05, 4.69) is 5.32 Å². The van der Waals surface area contributed by atoms with E-state index in [9.17, 15) is 30.8 Å². The summed E-state index contributed by atoms with van der Waals surface area (Å²) in [6.45, 7) is 3.33. The molecular formula is C18H18F4N2O3S. The Morgan fingerprint density at radius 1 is 1.07 bits per heavy atom. The number of carbonyl (C=O) groups excluding carboxylic acids is 1. The normalized spacial score (nSPS) is 12.2. The number of sulfonamides is 1. The first-order valence-corrected chi connectivity index (χ1v) is 9.73. The molecule has 0 unspecified atom stereocenters. The fourth-order valence-electron chi connectivity index (χ4n) is 2.58. The summed E-state index contributed by atoms with van der Waals surface area (Å²) in [5.41, 5.74) is -1.83. The van der Waals surface area contributed by atoms with Crippen molar-refractivity contribution in [1.82, 2.24) is 4.31 Å². The molecule has 0 fully saturated rings. The van der Waals surface area contributed by atoms with Gasteiger partial charge in [-0.2, -0.15) is 17.5 Å². The minimum absolute atomic E-state index is 0.0909. The molecule has 0 spiro atoms. The number of hydrogen-bond acceptors (Lipinski definition) is 3. The maximum absolute atomic E-state index is 14.1. The molecule has 0 heterocycles. The predicted octanol–water partition coefficient (Wildman–Crippen LogP) is 4.13. The van der Waals surface area contributed by atoms with Gasteiger partial charge in [0.15, 0.2) is 0 Å². The van der Waals surface area contributed by atoms with Gasteiger partial charge in [0.05, 0.1) is 11.3 Å². The fourth-order valence-corrected chi connectivity index (χ4v) is 4.13. The second-order valence-electron chi connectivity index (χ2n) is 5.73. The first-order chi connectivity index (χ1) is 13.0. The van der Waals surface area contributed by atoms with E-state index >= 15 is 0 Å². The van der Waals surface area contributed by atoms with E-state index < -0.39 is 44.1 Å². The van der Waals surface area contributed by atoms with Crippen LogP contribution >= 0.6 is 0 Å². The Morgan fingerprint density at radius 2 is 1.68 bits per heavy atom. The van der Waals surface area contributed by atoms with Crippen molar-refractivity contribution in [1.29, 1.82) is 0 Å². The number of alkyl halides is 3. The third-order valence-electron chi connectivity index (χ3n) is 4.00. The predicted molar refractivity (Wildman–Crippen MR) is 95.9 cm³/mol. The summed E-state index contributed by atoms with van der Waals surface area (Å²) in [5, 5.41) is 2.10. The highest BCUT2D eigenvalue weighted by atomic mass is 32.2. The molecule has 0 aromatic heterocycles. The zero-order chi connectivity index (χ0) is 21.1. The van der Waals surface area contributed by atoms with E-state index in [0.29, 0.717) is 0 Å². The van der Waals surface area contributed by atoms with Crippen LogP contribution in [0.3, 0.4) is 0 Å². The highest BCUT2D eigenvalue weighted by molar-refractivity contribution is 7.89. The molecule has 2 aromatic rings. The maximum atomic E-state index is 14.1. The van der Waals surface area contributed by atoms with Gasteiger partial charge in [-0.3, -0.25) is 4.79 Å². The van der Waals surface area contributed by atoms with Gasteiger partial charge < -0.3 is 5.32 Å². The molecule has 0 radical (unpaired) electrons. The van der Waals surface area contributed by atoms with Crippen molar-refractivity contribution >= 4 is 21.6 Å². The standard InChI is InChI=1S/C18H18F4N2O3S/c1-3-24(4-2)28(26,27)16-11-12(9-10-14(16)19)17(25)23-15-8-6-5-7-13(15)18(20,21)22/h5-11H,3-4H2,1-2H3,(H,23,25). The molecule has 28 heavy (non-hydrogen) atoms. The number of rotatable bonds is 6. The molecule has 0 bridgehead atoms. The lowest BCUT2D eigenvalue weighted by atomic mass is 10.1. The number of carbonyl (C=O) groups is 1. The second kappa shape index (κ2) is 8.27. The largest absolute Gasteiger partial charge is 0.418 e. The van der Waals surface area contributed by atoms with Gasteiger partial charge in [0, 0.05) is 18.7 Å². The number of nitrogens with one attached hydrogen (secondary N) is 1. The molecular weight excluding hydrogens is 400 g/mol. The molecule has 0 aliphatic carbocycles. The highest BCUT2D eigenvalue weighted by Gasteiger charge is 2.34. The topological polar surface area (TPSA) is 66.5 Å². The third-order valence-corrected chi connectivity index (χ3v) is 6.06. The molecule has 0 saturated heterocycles. The SMILES string of the molecule is CCN(CC)S(=O)(=O)c1cc(C(=O)Nc2ccccc2C(F)(F)F)ccc1F. The lowest BCUT2D eigenvalue weighted by molar-refractivity contribution is -0.136. The van der Waals surface area contributed by atoms with E-state index in [0.717, 1.165) is 34.6 Å². The van der Waals surface area contributed by atoms with Gasteiger partial charge in [-0.25, -0.2) is 12.8 Å². The van der Waals surface area contributed by atoms with Crippen molar-refractivity contribution < 1.29 is 30.8 Å². The summed E-state index contributed by atoms with van der Waals surface area (Å²) in [4.78, 5) is 11.7. The van der Waals surface area contributed by atoms with Crippen LogP contribution in [0.2, 0.25) is 0 Å². The molecule has 0 aliphatic rings. The highest BCUT2D eigenvalue weighted by Crippen LogP contribution is 2.34. The van der Waals surface area contributed by atoms with Crippen LogP contribution in [0.5, 0.6) is 0 Å². The van der Waals surface area contributed by atoms with Crippen LogP contribution in [0.4, 0.5) is 23.2 Å². The first kappa shape index (κ1) is 21.8. The molecule has 1 N–H and O–H groups in total. The average Bonchev–Trinajstić information content (AvgIpc) is 2.62. The van der Waals surface area contributed by atoms with Crippen LogP contribution in [0, 0.1) is 5.82 Å². The maximum Gasteiger partial charge on any atom is 0.418 e. The van der Waals surface area contributed by atoms with Gasteiger partial charge in [-0.05, 0) is 30.3 Å². The van der Waals surface area contributed by atoms with Gasteiger partial charge in [0.25, 0.3) is 5.91 Å². The van der Waals surface area contributed by atoms with Gasteiger partial charge in [0.1, 0.15) is 10.7 Å². The lowest BCUT2D eigenvalue weighted by Crippen LogP contribution is -2.31. The molecule has 0 aliphatic heterocycles. The van der Waals surface area contributed by atoms with Gasteiger partial charge in [0.2, 0.25) is 10.0 Å². The van der Waals surface area contributed by atoms with E-state index in [-0.39, 0.29) is 18.7 Å². The first-order valence-electron chi connectivity index (χ1n) is 8.29. The Balaban J connectivity index is 2.42. The number of nitrogens with zero attached hydrogens (tertiary/aromatic N) is 1. The van der Waals surface area contributed by atoms with Crippen molar-refractivity contribution in [3.05, 3.63) is 59.4 Å². The number of halogens is 4. The molecule has 2 rings (SSSR count). The molecule has 10 heteroatoms. The Labute approximate surface area is 160 Å². The van der Waals surface area contributed by atoms with Crippen LogP contribution in [0.15, 0.2) is 47.4 Å². The smallest absolute Gasteiger partial charge is 0.321 e. The van der Waals surface area contributed by atoms with Crippen LogP contribution in [-0.4, -0.2) is 31.7 Å². The van der Waals surface area contributed by atoms with Crippen LogP contribution in [-0.2, 0) is 16.2 Å². The zero-order valence-corrected chi connectivity index (χ0v) is 15.9. The van der Waals surface area contributed by atoms with Crippen molar-refractivity contribution in [3.8, 4) is 0 Å². The van der Waals surface area contributed by atoms with Gasteiger partial charge in [-0.1, -0.05) is 26.0 Å². The summed E-state index contributed by atoms with van der Waals surface area (Å²) in [6.07, 6.45) is -4.69. The van der Waals surface area contributed by atoms with Crippen LogP contribution < -0.4 is 5.32 Å². The van der Waals surface area contributed by atoms with E-state index in [4.69, 9.17) is 0 Å². The van der Waals surface area contributed by atoms with Crippen molar-refractivity contribution in [2.45, 2.75) is 24.9 Å². The summed E-state index contributed by atoms with van der Waals surface area (Å²) in [5.74, 6) is -2.05. The van der Waals surface area contributed by atoms with Crippen molar-refractivity contribution in [3.63, 3.8) is 0 Å². The summed E-state index contributed by atoms with van der Waals surface area (Å²) < 4.78 is 79.4. The number of para-hydroxylation sites is 1. The molecule has 0 atom stereocenters. The summed E-state index contributed by atoms with van der Waals surface area (Å²) in [7, 11) is -4.19. The van der Waals surface area contributed by atoms with E-state index in [1.165, 1.54) is 12.1 Å². The monoisotopic (exact) mass is 418 g/mol. The number of amides is 1. The minimum atomic E-state index is -4.69. The Morgan fingerprint density at radius 3 is 2.25 bits per heavy atom. The second-order valence-corrected chi connectivity index (χ2v) is 7.64. The fraction of sp³-hybridized carbons (Fsp3) is 0.278. The summed E-state index contributed by atoms with van der Waals surface area (Å²) >= 11 is 0. The molecule has 2 aromatic carbocycles. The molecule has 0 saturated carbocycles. The van der Waals surface area contributed by atoms with Crippen molar-refractivity contribution in [2.24, 2.45) is 0 Å². The average molecular weight is 418 g/mol. The van der Waals surface area contributed by atoms with Gasteiger partial charge in [-0.15, -0.1) is 0 Å². The number of hydrogen-bond donors (Lipinski definition) is 1. The number of anilines is 1. The Kier molecular flexibility index (Phi) is 6.45. The summed E-state index contributed by atoms with van der Waals surface area (Å²) in [6, 6.07) is 6.96. The van der Waals surface area contributed by atoms with E-state index in [1.807, 2.05) is 0 Å². The van der Waals surface area contributed by atoms with Crippen molar-refractivity contribution in [2.75, 3.05) is 18.4 Å². The van der Waals surface area contributed by atoms with Crippen LogP contribution in [0.25, 0.3) is 0 Å². The third kappa shape index (κ3) is 4.50. The number of benzene rings is 2. The van der Waals surface area contributed by atoms with Gasteiger partial charge >= 0.3 is 6.18 Å². The Hall–Kier alpha value is -2.46. The minimum Gasteiger partial charge on any atom is -0.321 e. The Bertz CT molecular complexity index is 971. The molecule has 5 nitrogen and oxygen atoms in total. The molecule has 1 amide bonds. The zero-order valence-electron chi connectivity index (χ0n) is 15.0. The molecule has 152 valence electrons.